The number of halogens is 1. The molecule has 1 aliphatic carbocycles. The van der Waals surface area contributed by atoms with E-state index in [2.05, 4.69) is 24.7 Å². The van der Waals surface area contributed by atoms with Crippen LogP contribution < -0.4 is 4.90 Å². The molecule has 28 heavy (non-hydrogen) atoms. The Balaban J connectivity index is 1.26. The van der Waals surface area contributed by atoms with Crippen LogP contribution in [0, 0.1) is 5.82 Å². The maximum Gasteiger partial charge on any atom is 0.135 e. The summed E-state index contributed by atoms with van der Waals surface area (Å²) < 4.78 is 13.5. The van der Waals surface area contributed by atoms with Crippen molar-refractivity contribution in [2.24, 2.45) is 0 Å². The fraction of sp³-hybridized carbons (Fsp3) is 0.545. The second-order valence-electron chi connectivity index (χ2n) is 8.32. The fourth-order valence-corrected chi connectivity index (χ4v) is 4.74. The number of anilines is 1. The lowest BCUT2D eigenvalue weighted by atomic mass is 9.91. The second-order valence-corrected chi connectivity index (χ2v) is 8.32. The number of rotatable bonds is 4. The molecule has 1 aromatic heterocycles. The molecule has 1 saturated heterocycles. The van der Waals surface area contributed by atoms with Gasteiger partial charge in [-0.1, -0.05) is 18.6 Å². The Hall–Kier alpha value is -2.05. The molecule has 3 heterocycles. The van der Waals surface area contributed by atoms with Crippen LogP contribution in [0.5, 0.6) is 0 Å². The van der Waals surface area contributed by atoms with E-state index in [1.54, 1.807) is 18.5 Å². The van der Waals surface area contributed by atoms with Crippen molar-refractivity contribution in [3.63, 3.8) is 0 Å². The van der Waals surface area contributed by atoms with E-state index in [0.29, 0.717) is 0 Å². The third kappa shape index (κ3) is 3.63. The number of hydrogen-bond donors (Lipinski definition) is 0. The highest BCUT2D eigenvalue weighted by molar-refractivity contribution is 5.50. The average molecular weight is 381 g/mol. The van der Waals surface area contributed by atoms with Gasteiger partial charge in [-0.15, -0.1) is 0 Å². The van der Waals surface area contributed by atoms with Crippen molar-refractivity contribution in [1.29, 1.82) is 0 Å². The Morgan fingerprint density at radius 3 is 2.64 bits per heavy atom. The summed E-state index contributed by atoms with van der Waals surface area (Å²) in [6.07, 6.45) is 6.84. The molecule has 0 spiro atoms. The van der Waals surface area contributed by atoms with Gasteiger partial charge in [0.1, 0.15) is 18.0 Å². The van der Waals surface area contributed by atoms with E-state index in [1.165, 1.54) is 30.9 Å². The minimum absolute atomic E-state index is 0.166. The average Bonchev–Trinajstić information content (AvgIpc) is 2.67. The molecule has 3 aliphatic rings. The molecule has 0 amide bonds. The zero-order valence-electron chi connectivity index (χ0n) is 16.4. The Labute approximate surface area is 166 Å². The first-order valence-electron chi connectivity index (χ1n) is 10.5. The van der Waals surface area contributed by atoms with E-state index in [4.69, 9.17) is 0 Å². The van der Waals surface area contributed by atoms with Crippen molar-refractivity contribution < 1.29 is 4.39 Å². The summed E-state index contributed by atoms with van der Waals surface area (Å²) in [6, 6.07) is 7.73. The SMILES string of the molecule is Fc1cccc(CN2CCc3c(ncnc3N3CCN(C4CCC4)CC3)C2)c1. The van der Waals surface area contributed by atoms with Gasteiger partial charge in [-0.25, -0.2) is 14.4 Å². The number of fused-ring (bicyclic) bond motifs is 1. The van der Waals surface area contributed by atoms with Gasteiger partial charge >= 0.3 is 0 Å². The van der Waals surface area contributed by atoms with Crippen LogP contribution in [0.4, 0.5) is 10.2 Å². The smallest absolute Gasteiger partial charge is 0.135 e. The predicted molar refractivity (Wildman–Crippen MR) is 108 cm³/mol. The molecule has 2 aromatic rings. The van der Waals surface area contributed by atoms with Gasteiger partial charge in [0.25, 0.3) is 0 Å². The number of hydrogen-bond acceptors (Lipinski definition) is 5. The maximum atomic E-state index is 13.5. The highest BCUT2D eigenvalue weighted by Gasteiger charge is 2.30. The highest BCUT2D eigenvalue weighted by Crippen LogP contribution is 2.29. The molecule has 5 nitrogen and oxygen atoms in total. The Morgan fingerprint density at radius 2 is 1.89 bits per heavy atom. The first-order chi connectivity index (χ1) is 13.8. The molecule has 1 saturated carbocycles. The van der Waals surface area contributed by atoms with Gasteiger partial charge in [0, 0.05) is 57.4 Å². The maximum absolute atomic E-state index is 13.5. The van der Waals surface area contributed by atoms with E-state index < -0.39 is 0 Å². The molecule has 0 bridgehead atoms. The lowest BCUT2D eigenvalue weighted by molar-refractivity contribution is 0.120. The van der Waals surface area contributed by atoms with Crippen LogP contribution in [0.2, 0.25) is 0 Å². The summed E-state index contributed by atoms with van der Waals surface area (Å²) in [5.74, 6) is 0.976. The van der Waals surface area contributed by atoms with Crippen LogP contribution in [-0.4, -0.2) is 58.5 Å². The largest absolute Gasteiger partial charge is 0.354 e. The summed E-state index contributed by atoms with van der Waals surface area (Å²) >= 11 is 0. The van der Waals surface area contributed by atoms with Gasteiger partial charge in [0.15, 0.2) is 0 Å². The summed E-state index contributed by atoms with van der Waals surface area (Å²) in [5.41, 5.74) is 3.47. The topological polar surface area (TPSA) is 35.5 Å². The summed E-state index contributed by atoms with van der Waals surface area (Å²) in [6.45, 7) is 6.95. The fourth-order valence-electron chi connectivity index (χ4n) is 4.74. The molecule has 0 atom stereocenters. The van der Waals surface area contributed by atoms with Gasteiger partial charge in [-0.2, -0.15) is 0 Å². The zero-order valence-corrected chi connectivity index (χ0v) is 16.4. The van der Waals surface area contributed by atoms with Gasteiger partial charge in [-0.05, 0) is 37.0 Å². The molecule has 2 fully saturated rings. The van der Waals surface area contributed by atoms with E-state index in [1.807, 2.05) is 6.07 Å². The molecule has 148 valence electrons. The van der Waals surface area contributed by atoms with Gasteiger partial charge in [-0.3, -0.25) is 9.80 Å². The highest BCUT2D eigenvalue weighted by atomic mass is 19.1. The van der Waals surface area contributed by atoms with Crippen LogP contribution in [0.25, 0.3) is 0 Å². The molecule has 6 heteroatoms. The van der Waals surface area contributed by atoms with Crippen LogP contribution in [0.3, 0.4) is 0 Å². The number of piperazine rings is 1. The summed E-state index contributed by atoms with van der Waals surface area (Å²) in [7, 11) is 0. The normalized spacial score (nSPS) is 21.4. The Bertz CT molecular complexity index is 829. The zero-order chi connectivity index (χ0) is 18.9. The lowest BCUT2D eigenvalue weighted by Crippen LogP contribution is -2.52. The lowest BCUT2D eigenvalue weighted by Gasteiger charge is -2.43. The molecule has 2 aliphatic heterocycles. The van der Waals surface area contributed by atoms with E-state index in [-0.39, 0.29) is 5.82 Å². The quantitative estimate of drug-likeness (QED) is 0.814. The predicted octanol–water partition coefficient (Wildman–Crippen LogP) is 2.85. The second kappa shape index (κ2) is 7.76. The van der Waals surface area contributed by atoms with Gasteiger partial charge < -0.3 is 4.90 Å². The van der Waals surface area contributed by atoms with Crippen molar-refractivity contribution in [2.45, 2.75) is 44.8 Å². The Kier molecular flexibility index (Phi) is 4.99. The van der Waals surface area contributed by atoms with Crippen molar-refractivity contribution in [3.8, 4) is 0 Å². The van der Waals surface area contributed by atoms with Crippen molar-refractivity contribution >= 4 is 5.82 Å². The molecular formula is C22H28FN5. The molecule has 5 rings (SSSR count). The monoisotopic (exact) mass is 381 g/mol. The van der Waals surface area contributed by atoms with Crippen LogP contribution in [0.15, 0.2) is 30.6 Å². The molecule has 1 aromatic carbocycles. The molecule has 0 radical (unpaired) electrons. The minimum Gasteiger partial charge on any atom is -0.354 e. The third-order valence-electron chi connectivity index (χ3n) is 6.56. The first kappa shape index (κ1) is 18.0. The number of nitrogens with zero attached hydrogens (tertiary/aromatic N) is 5. The standard InChI is InChI=1S/C22H28FN5/c23-18-4-1-3-17(13-18)14-26-8-7-20-21(15-26)24-16-25-22(20)28-11-9-27(10-12-28)19-5-2-6-19/h1,3-4,13,16,19H,2,5-12,14-15H2. The van der Waals surface area contributed by atoms with Gasteiger partial charge in [0.2, 0.25) is 0 Å². The molecule has 0 unspecified atom stereocenters. The van der Waals surface area contributed by atoms with Crippen LogP contribution in [-0.2, 0) is 19.5 Å². The van der Waals surface area contributed by atoms with Crippen molar-refractivity contribution in [1.82, 2.24) is 19.8 Å². The molecular weight excluding hydrogens is 353 g/mol. The number of benzene rings is 1. The van der Waals surface area contributed by atoms with E-state index in [9.17, 15) is 4.39 Å². The van der Waals surface area contributed by atoms with Gasteiger partial charge in [0.05, 0.1) is 5.69 Å². The van der Waals surface area contributed by atoms with Crippen molar-refractivity contribution in [2.75, 3.05) is 37.6 Å². The summed E-state index contributed by atoms with van der Waals surface area (Å²) in [5, 5.41) is 0. The third-order valence-corrected chi connectivity index (χ3v) is 6.56. The van der Waals surface area contributed by atoms with Crippen LogP contribution in [0.1, 0.15) is 36.1 Å². The number of aromatic nitrogens is 2. The Morgan fingerprint density at radius 1 is 1.04 bits per heavy atom. The molecule has 0 N–H and O–H groups in total. The van der Waals surface area contributed by atoms with E-state index >= 15 is 0 Å². The van der Waals surface area contributed by atoms with Crippen LogP contribution >= 0.6 is 0 Å². The summed E-state index contributed by atoms with van der Waals surface area (Å²) in [4.78, 5) is 16.7. The minimum atomic E-state index is -0.166. The van der Waals surface area contributed by atoms with Crippen molar-refractivity contribution in [3.05, 3.63) is 53.2 Å². The first-order valence-corrected chi connectivity index (χ1v) is 10.5. The van der Waals surface area contributed by atoms with E-state index in [0.717, 1.165) is 75.4 Å².